The van der Waals surface area contributed by atoms with Crippen molar-refractivity contribution in [1.82, 2.24) is 10.6 Å². The van der Waals surface area contributed by atoms with Crippen LogP contribution in [0.4, 0.5) is 0 Å². The normalized spacial score (nSPS) is 20.4. The van der Waals surface area contributed by atoms with Gasteiger partial charge in [-0.2, -0.15) is 0 Å². The van der Waals surface area contributed by atoms with E-state index in [2.05, 4.69) is 10.6 Å². The second-order valence-corrected chi connectivity index (χ2v) is 5.50. The molecule has 110 valence electrons. The van der Waals surface area contributed by atoms with Crippen LogP contribution in [0.25, 0.3) is 0 Å². The van der Waals surface area contributed by atoms with Gasteiger partial charge >= 0.3 is 0 Å². The van der Waals surface area contributed by atoms with Crippen LogP contribution in [-0.4, -0.2) is 32.7 Å². The summed E-state index contributed by atoms with van der Waals surface area (Å²) in [6.07, 6.45) is 2.13. The van der Waals surface area contributed by atoms with Crippen molar-refractivity contribution in [2.24, 2.45) is 5.92 Å². The molecule has 0 aromatic heterocycles. The zero-order chi connectivity index (χ0) is 14.4. The van der Waals surface area contributed by atoms with Gasteiger partial charge in [0.25, 0.3) is 0 Å². The summed E-state index contributed by atoms with van der Waals surface area (Å²) in [5.74, 6) is 0.257. The summed E-state index contributed by atoms with van der Waals surface area (Å²) >= 11 is 6.07. The molecule has 1 aliphatic rings. The van der Waals surface area contributed by atoms with E-state index in [-0.39, 0.29) is 18.6 Å². The van der Waals surface area contributed by atoms with E-state index in [0.29, 0.717) is 10.9 Å². The minimum absolute atomic E-state index is 0.0736. The fourth-order valence-corrected chi connectivity index (χ4v) is 2.76. The van der Waals surface area contributed by atoms with Gasteiger partial charge in [-0.3, -0.25) is 4.79 Å². The highest BCUT2D eigenvalue weighted by molar-refractivity contribution is 6.30. The third kappa shape index (κ3) is 4.20. The molecular formula is C15H21ClN2O2. The molecule has 1 unspecified atom stereocenters. The van der Waals surface area contributed by atoms with Crippen LogP contribution >= 0.6 is 11.6 Å². The lowest BCUT2D eigenvalue weighted by Gasteiger charge is -2.31. The molecule has 1 aliphatic heterocycles. The number of nitrogens with one attached hydrogen (secondary N) is 2. The molecule has 5 heteroatoms. The van der Waals surface area contributed by atoms with Gasteiger partial charge in [-0.1, -0.05) is 23.7 Å². The van der Waals surface area contributed by atoms with Crippen LogP contribution < -0.4 is 10.6 Å². The smallest absolute Gasteiger partial charge is 0.245 e. The van der Waals surface area contributed by atoms with Crippen molar-refractivity contribution in [3.8, 4) is 0 Å². The average molecular weight is 297 g/mol. The SMILES string of the molecule is CNC(=O)CO[C@@H](c1cccc(Cl)c1)C1CCCNC1. The summed E-state index contributed by atoms with van der Waals surface area (Å²) in [5.41, 5.74) is 1.04. The Morgan fingerprint density at radius 3 is 3.10 bits per heavy atom. The number of hydrogen-bond acceptors (Lipinski definition) is 3. The van der Waals surface area contributed by atoms with Gasteiger partial charge in [0.05, 0.1) is 6.10 Å². The minimum Gasteiger partial charge on any atom is -0.363 e. The number of rotatable bonds is 5. The van der Waals surface area contributed by atoms with Crippen molar-refractivity contribution in [1.29, 1.82) is 0 Å². The largest absolute Gasteiger partial charge is 0.363 e. The zero-order valence-electron chi connectivity index (χ0n) is 11.7. The van der Waals surface area contributed by atoms with Crippen molar-refractivity contribution < 1.29 is 9.53 Å². The standard InChI is InChI=1S/C15H21ClN2O2/c1-17-14(19)10-20-15(12-5-3-7-18-9-12)11-4-2-6-13(16)8-11/h2,4,6,8,12,15,18H,3,5,7,9-10H2,1H3,(H,17,19)/t12?,15-/m0/s1. The van der Waals surface area contributed by atoms with Gasteiger partial charge in [0.15, 0.2) is 0 Å². The highest BCUT2D eigenvalue weighted by atomic mass is 35.5. The van der Waals surface area contributed by atoms with Crippen LogP contribution in [0.15, 0.2) is 24.3 Å². The molecule has 2 atom stereocenters. The number of likely N-dealkylation sites (N-methyl/N-ethyl adjacent to an activating group) is 1. The summed E-state index contributed by atoms with van der Waals surface area (Å²) < 4.78 is 5.86. The van der Waals surface area contributed by atoms with E-state index in [1.807, 2.05) is 24.3 Å². The number of hydrogen-bond donors (Lipinski definition) is 2. The van der Waals surface area contributed by atoms with Crippen LogP contribution in [-0.2, 0) is 9.53 Å². The number of amides is 1. The van der Waals surface area contributed by atoms with Gasteiger partial charge in [-0.05, 0) is 37.1 Å². The molecule has 0 spiro atoms. The van der Waals surface area contributed by atoms with E-state index in [4.69, 9.17) is 16.3 Å². The Labute approximate surface area is 124 Å². The van der Waals surface area contributed by atoms with Gasteiger partial charge in [-0.25, -0.2) is 0 Å². The molecule has 1 heterocycles. The highest BCUT2D eigenvalue weighted by Gasteiger charge is 2.26. The van der Waals surface area contributed by atoms with Gasteiger partial charge in [-0.15, -0.1) is 0 Å². The van der Waals surface area contributed by atoms with E-state index >= 15 is 0 Å². The summed E-state index contributed by atoms with van der Waals surface area (Å²) in [6, 6.07) is 7.70. The maximum Gasteiger partial charge on any atom is 0.245 e. The molecule has 1 amide bonds. The highest BCUT2D eigenvalue weighted by Crippen LogP contribution is 2.31. The molecule has 4 nitrogen and oxygen atoms in total. The number of carbonyl (C=O) groups excluding carboxylic acids is 1. The maximum absolute atomic E-state index is 11.4. The topological polar surface area (TPSA) is 50.4 Å². The van der Waals surface area contributed by atoms with Crippen LogP contribution in [0.1, 0.15) is 24.5 Å². The van der Waals surface area contributed by atoms with E-state index in [9.17, 15) is 4.79 Å². The van der Waals surface area contributed by atoms with Gasteiger partial charge in [0.1, 0.15) is 6.61 Å². The predicted octanol–water partition coefficient (Wildman–Crippen LogP) is 2.14. The van der Waals surface area contributed by atoms with Crippen LogP contribution in [0.3, 0.4) is 0 Å². The van der Waals surface area contributed by atoms with Crippen LogP contribution in [0.5, 0.6) is 0 Å². The van der Waals surface area contributed by atoms with Gasteiger partial charge in [0, 0.05) is 24.5 Å². The van der Waals surface area contributed by atoms with Crippen molar-refractivity contribution in [3.05, 3.63) is 34.9 Å². The Morgan fingerprint density at radius 2 is 2.45 bits per heavy atom. The number of benzene rings is 1. The Kier molecular flexibility index (Phi) is 5.83. The van der Waals surface area contributed by atoms with Crippen LogP contribution in [0, 0.1) is 5.92 Å². The van der Waals surface area contributed by atoms with E-state index in [1.54, 1.807) is 7.05 Å². The minimum atomic E-state index is -0.110. The van der Waals surface area contributed by atoms with Crippen molar-refractivity contribution in [2.75, 3.05) is 26.7 Å². The molecular weight excluding hydrogens is 276 g/mol. The Morgan fingerprint density at radius 1 is 1.60 bits per heavy atom. The Balaban J connectivity index is 2.12. The van der Waals surface area contributed by atoms with Crippen molar-refractivity contribution in [3.63, 3.8) is 0 Å². The first-order valence-electron chi connectivity index (χ1n) is 6.99. The van der Waals surface area contributed by atoms with Crippen molar-refractivity contribution in [2.45, 2.75) is 18.9 Å². The first kappa shape index (κ1) is 15.3. The third-order valence-corrected chi connectivity index (χ3v) is 3.85. The zero-order valence-corrected chi connectivity index (χ0v) is 12.5. The number of carbonyl (C=O) groups is 1. The summed E-state index contributed by atoms with van der Waals surface area (Å²) in [6.45, 7) is 2.03. The summed E-state index contributed by atoms with van der Waals surface area (Å²) in [4.78, 5) is 11.4. The molecule has 0 radical (unpaired) electrons. The quantitative estimate of drug-likeness (QED) is 0.875. The second kappa shape index (κ2) is 7.62. The van der Waals surface area contributed by atoms with Gasteiger partial charge in [0.2, 0.25) is 5.91 Å². The number of piperidine rings is 1. The fourth-order valence-electron chi connectivity index (χ4n) is 2.56. The summed E-state index contributed by atoms with van der Waals surface area (Å²) in [7, 11) is 1.61. The lowest BCUT2D eigenvalue weighted by molar-refractivity contribution is -0.128. The Hall–Kier alpha value is -1.10. The molecule has 2 N–H and O–H groups in total. The Bertz CT molecular complexity index is 447. The van der Waals surface area contributed by atoms with Gasteiger partial charge < -0.3 is 15.4 Å². The molecule has 2 rings (SSSR count). The lowest BCUT2D eigenvalue weighted by Crippen LogP contribution is -2.35. The molecule has 0 saturated carbocycles. The van der Waals surface area contributed by atoms with E-state index in [1.165, 1.54) is 0 Å². The molecule has 1 aromatic rings. The molecule has 1 saturated heterocycles. The lowest BCUT2D eigenvalue weighted by atomic mass is 9.89. The molecule has 1 aromatic carbocycles. The molecule has 20 heavy (non-hydrogen) atoms. The third-order valence-electron chi connectivity index (χ3n) is 3.61. The number of ether oxygens (including phenoxy) is 1. The predicted molar refractivity (Wildman–Crippen MR) is 79.8 cm³/mol. The van der Waals surface area contributed by atoms with E-state index < -0.39 is 0 Å². The second-order valence-electron chi connectivity index (χ2n) is 5.07. The average Bonchev–Trinajstić information content (AvgIpc) is 2.48. The molecule has 0 bridgehead atoms. The summed E-state index contributed by atoms with van der Waals surface area (Å²) in [5, 5.41) is 6.66. The first-order valence-corrected chi connectivity index (χ1v) is 7.37. The fraction of sp³-hybridized carbons (Fsp3) is 0.533. The first-order chi connectivity index (χ1) is 9.70. The molecule has 0 aliphatic carbocycles. The number of halogens is 1. The monoisotopic (exact) mass is 296 g/mol. The van der Waals surface area contributed by atoms with E-state index in [0.717, 1.165) is 31.5 Å². The van der Waals surface area contributed by atoms with Crippen LogP contribution in [0.2, 0.25) is 5.02 Å². The van der Waals surface area contributed by atoms with Crippen molar-refractivity contribution >= 4 is 17.5 Å². The molecule has 1 fully saturated rings. The maximum atomic E-state index is 11.4.